The lowest BCUT2D eigenvalue weighted by atomic mass is 9.77. The largest absolute Gasteiger partial charge is 0.465 e. The molecule has 1 N–H and O–H groups in total. The van der Waals surface area contributed by atoms with Crippen molar-refractivity contribution in [3.8, 4) is 11.5 Å². The van der Waals surface area contributed by atoms with E-state index in [4.69, 9.17) is 19.6 Å². The number of aryl methyl sites for hydroxylation is 1. The van der Waals surface area contributed by atoms with E-state index in [1.807, 2.05) is 13.0 Å². The number of hydrogen-bond donors (Lipinski definition) is 1. The van der Waals surface area contributed by atoms with E-state index in [1.165, 1.54) is 22.3 Å². The molecular weight excluding hydrogens is 520 g/mol. The SMILES string of the molecule is CO.Cc1cccc(N2[C@@H]3Oc4c(cc(C(C)(C)C)cc4C(C)(C)C)[C@H]2Oc2c3cc(C(C)(C)C)cc2C(C)(C)C)n1. The third-order valence-electron chi connectivity index (χ3n) is 8.22. The Hall–Kier alpha value is -3.05. The molecule has 228 valence electrons. The fourth-order valence-electron chi connectivity index (χ4n) is 5.71. The van der Waals surface area contributed by atoms with Crippen LogP contribution >= 0.6 is 0 Å². The molecule has 5 nitrogen and oxygen atoms in total. The lowest BCUT2D eigenvalue weighted by Crippen LogP contribution is -2.47. The summed E-state index contributed by atoms with van der Waals surface area (Å²) in [4.78, 5) is 7.22. The quantitative estimate of drug-likeness (QED) is 0.315. The second kappa shape index (κ2) is 10.6. The summed E-state index contributed by atoms with van der Waals surface area (Å²) in [5.74, 6) is 2.76. The minimum Gasteiger partial charge on any atom is -0.465 e. The van der Waals surface area contributed by atoms with Crippen LogP contribution in [0.4, 0.5) is 5.82 Å². The first-order valence-electron chi connectivity index (χ1n) is 15.1. The maximum absolute atomic E-state index is 7.20. The standard InChI is InChI=1S/C36H48N2O2.CH4O/c1-21-15-14-16-28(37-21)38-31-24-17-22(33(2,3)4)19-26(35(8,9)10)29(24)39-32(38)25-18-23(34(5,6)7)20-27(30(25)40-31)36(11,12)13;1-2/h14-20,31-32H,1-13H3;2H,1H3/t31-,32-;/m1./s1. The number of hydrogen-bond acceptors (Lipinski definition) is 5. The van der Waals surface area contributed by atoms with Gasteiger partial charge in [-0.1, -0.05) is 101 Å². The second-order valence-electron chi connectivity index (χ2n) is 15.9. The van der Waals surface area contributed by atoms with Crippen LogP contribution in [0, 0.1) is 6.92 Å². The van der Waals surface area contributed by atoms with E-state index in [0.29, 0.717) is 0 Å². The lowest BCUT2D eigenvalue weighted by Gasteiger charge is -2.49. The number of aromatic nitrogens is 1. The summed E-state index contributed by atoms with van der Waals surface area (Å²) in [7, 11) is 1.00. The number of aliphatic hydroxyl groups excluding tert-OH is 1. The molecule has 3 aromatic rings. The van der Waals surface area contributed by atoms with Crippen molar-refractivity contribution >= 4 is 5.82 Å². The van der Waals surface area contributed by atoms with E-state index < -0.39 is 0 Å². The van der Waals surface area contributed by atoms with E-state index in [1.54, 1.807) is 0 Å². The predicted molar refractivity (Wildman–Crippen MR) is 174 cm³/mol. The predicted octanol–water partition coefficient (Wildman–Crippen LogP) is 9.18. The number of rotatable bonds is 1. The van der Waals surface area contributed by atoms with E-state index in [2.05, 4.69) is 124 Å². The molecule has 0 saturated heterocycles. The highest BCUT2D eigenvalue weighted by molar-refractivity contribution is 5.62. The van der Waals surface area contributed by atoms with Crippen LogP contribution in [0.15, 0.2) is 42.5 Å². The van der Waals surface area contributed by atoms with Crippen LogP contribution in [-0.2, 0) is 21.7 Å². The molecule has 5 heteroatoms. The van der Waals surface area contributed by atoms with E-state index in [9.17, 15) is 0 Å². The second-order valence-corrected chi connectivity index (χ2v) is 15.9. The summed E-state index contributed by atoms with van der Waals surface area (Å²) < 4.78 is 14.4. The fraction of sp³-hybridized carbons (Fsp3) is 0.541. The Balaban J connectivity index is 0.00000198. The molecule has 2 aromatic carbocycles. The Morgan fingerprint density at radius 2 is 1.02 bits per heavy atom. The molecule has 0 aliphatic carbocycles. The minimum absolute atomic E-state index is 0.0248. The zero-order valence-corrected chi connectivity index (χ0v) is 28.4. The van der Waals surface area contributed by atoms with Gasteiger partial charge in [0.15, 0.2) is 0 Å². The summed E-state index contributed by atoms with van der Waals surface area (Å²) >= 11 is 0. The molecule has 2 bridgehead atoms. The smallest absolute Gasteiger partial charge is 0.206 e. The van der Waals surface area contributed by atoms with Crippen LogP contribution in [-0.4, -0.2) is 17.2 Å². The van der Waals surface area contributed by atoms with E-state index in [-0.39, 0.29) is 34.1 Å². The molecule has 0 amide bonds. The topological polar surface area (TPSA) is 54.8 Å². The van der Waals surface area contributed by atoms with Crippen LogP contribution < -0.4 is 14.4 Å². The monoisotopic (exact) mass is 572 g/mol. The Morgan fingerprint density at radius 3 is 1.36 bits per heavy atom. The van der Waals surface area contributed by atoms with Gasteiger partial charge in [0.2, 0.25) is 12.5 Å². The molecule has 42 heavy (non-hydrogen) atoms. The molecular formula is C37H52N2O3. The number of aliphatic hydroxyl groups is 1. The molecule has 2 aliphatic rings. The first-order chi connectivity index (χ1) is 19.3. The van der Waals surface area contributed by atoms with Gasteiger partial charge in [-0.3, -0.25) is 4.90 Å². The molecule has 0 fully saturated rings. The number of benzene rings is 2. The Morgan fingerprint density at radius 1 is 0.619 bits per heavy atom. The highest BCUT2D eigenvalue weighted by atomic mass is 16.6. The number of nitrogens with zero attached hydrogens (tertiary/aromatic N) is 2. The maximum atomic E-state index is 7.20. The molecule has 2 atom stereocenters. The lowest BCUT2D eigenvalue weighted by molar-refractivity contribution is 0.0523. The Kier molecular flexibility index (Phi) is 8.04. The van der Waals surface area contributed by atoms with Gasteiger partial charge in [0, 0.05) is 23.9 Å². The van der Waals surface area contributed by atoms with Gasteiger partial charge in [0.25, 0.3) is 0 Å². The van der Waals surface area contributed by atoms with Gasteiger partial charge in [0.1, 0.15) is 17.3 Å². The molecule has 0 saturated carbocycles. The van der Waals surface area contributed by atoms with Crippen molar-refractivity contribution in [2.24, 2.45) is 0 Å². The molecule has 3 heterocycles. The highest BCUT2D eigenvalue weighted by Crippen LogP contribution is 2.56. The maximum Gasteiger partial charge on any atom is 0.206 e. The van der Waals surface area contributed by atoms with Crippen LogP contribution in [0.2, 0.25) is 0 Å². The number of ether oxygens (including phenoxy) is 2. The van der Waals surface area contributed by atoms with Crippen molar-refractivity contribution in [3.05, 3.63) is 81.5 Å². The van der Waals surface area contributed by atoms with Crippen molar-refractivity contribution in [3.63, 3.8) is 0 Å². The third kappa shape index (κ3) is 5.77. The zero-order chi connectivity index (χ0) is 31.6. The van der Waals surface area contributed by atoms with Crippen molar-refractivity contribution in [1.82, 2.24) is 4.98 Å². The molecule has 2 aliphatic heterocycles. The van der Waals surface area contributed by atoms with Gasteiger partial charge in [0.05, 0.1) is 11.1 Å². The van der Waals surface area contributed by atoms with Gasteiger partial charge < -0.3 is 14.6 Å². The molecule has 0 spiro atoms. The first-order valence-corrected chi connectivity index (χ1v) is 15.1. The average molecular weight is 573 g/mol. The third-order valence-corrected chi connectivity index (χ3v) is 8.22. The van der Waals surface area contributed by atoms with Crippen molar-refractivity contribution < 1.29 is 14.6 Å². The van der Waals surface area contributed by atoms with Gasteiger partial charge in [-0.05, 0) is 64.0 Å². The van der Waals surface area contributed by atoms with Gasteiger partial charge in [-0.15, -0.1) is 0 Å². The van der Waals surface area contributed by atoms with E-state index >= 15 is 0 Å². The fourth-order valence-corrected chi connectivity index (χ4v) is 5.71. The summed E-state index contributed by atoms with van der Waals surface area (Å²) in [6.07, 6.45) is -0.721. The van der Waals surface area contributed by atoms with Crippen LogP contribution in [0.5, 0.6) is 11.5 Å². The van der Waals surface area contributed by atoms with Crippen molar-refractivity contribution in [2.45, 2.75) is 124 Å². The summed E-state index contributed by atoms with van der Waals surface area (Å²) in [5.41, 5.74) is 7.86. The Labute approximate surface area is 254 Å². The zero-order valence-electron chi connectivity index (χ0n) is 28.4. The van der Waals surface area contributed by atoms with Crippen molar-refractivity contribution in [1.29, 1.82) is 0 Å². The summed E-state index contributed by atoms with van der Waals surface area (Å²) in [5, 5.41) is 7.00. The molecule has 5 rings (SSSR count). The molecule has 1 aromatic heterocycles. The van der Waals surface area contributed by atoms with E-state index in [0.717, 1.165) is 41.2 Å². The average Bonchev–Trinajstić information content (AvgIpc) is 2.86. The minimum atomic E-state index is -0.361. The normalized spacial score (nSPS) is 18.2. The van der Waals surface area contributed by atoms with Gasteiger partial charge >= 0.3 is 0 Å². The molecule has 0 unspecified atom stereocenters. The van der Waals surface area contributed by atoms with Crippen molar-refractivity contribution in [2.75, 3.05) is 12.0 Å². The van der Waals surface area contributed by atoms with Crippen LogP contribution in [0.3, 0.4) is 0 Å². The van der Waals surface area contributed by atoms with Crippen LogP contribution in [0.1, 0.15) is 135 Å². The number of pyridine rings is 1. The summed E-state index contributed by atoms with van der Waals surface area (Å²) in [6, 6.07) is 15.5. The number of anilines is 1. The highest BCUT2D eigenvalue weighted by Gasteiger charge is 2.48. The van der Waals surface area contributed by atoms with Gasteiger partial charge in [-0.2, -0.15) is 0 Å². The summed E-state index contributed by atoms with van der Waals surface area (Å²) in [6.45, 7) is 29.3. The van der Waals surface area contributed by atoms with Gasteiger partial charge in [-0.25, -0.2) is 4.98 Å². The Bertz CT molecular complexity index is 1370. The van der Waals surface area contributed by atoms with Crippen LogP contribution in [0.25, 0.3) is 0 Å². The first kappa shape index (κ1) is 31.9. The molecule has 0 radical (unpaired) electrons. The number of fused-ring (bicyclic) bond motifs is 6.